The van der Waals surface area contributed by atoms with Gasteiger partial charge in [-0.2, -0.15) is 0 Å². The first-order chi connectivity index (χ1) is 11.7. The van der Waals surface area contributed by atoms with Crippen molar-refractivity contribution in [3.05, 3.63) is 17.7 Å². The summed E-state index contributed by atoms with van der Waals surface area (Å²) in [6.07, 6.45) is 6.34. The molecule has 6 nitrogen and oxygen atoms in total. The summed E-state index contributed by atoms with van der Waals surface area (Å²) in [7, 11) is 6.69. The molecule has 1 aliphatic carbocycles. The van der Waals surface area contributed by atoms with Crippen molar-refractivity contribution in [3.63, 3.8) is 0 Å². The average Bonchev–Trinajstić information content (AvgIpc) is 2.65. The zero-order valence-corrected chi connectivity index (χ0v) is 15.1. The minimum absolute atomic E-state index is 0.511. The van der Waals surface area contributed by atoms with Gasteiger partial charge in [-0.1, -0.05) is 19.3 Å². The molecule has 0 heterocycles. The Kier molecular flexibility index (Phi) is 7.03. The van der Waals surface area contributed by atoms with Gasteiger partial charge in [-0.25, -0.2) is 0 Å². The Morgan fingerprint density at radius 1 is 1.00 bits per heavy atom. The van der Waals surface area contributed by atoms with Gasteiger partial charge in [-0.3, -0.25) is 4.99 Å². The second-order valence-electron chi connectivity index (χ2n) is 5.92. The standard InChI is InChI=1S/C18H29N3O3/c1-19-18(21-14-8-6-5-7-9-14)20-12-13-10-16(23-3)17(24-4)11-15(13)22-2/h10-11,14H,5-9,12H2,1-4H3,(H2,19,20,21). The van der Waals surface area contributed by atoms with Gasteiger partial charge in [0.2, 0.25) is 0 Å². The highest BCUT2D eigenvalue weighted by Crippen LogP contribution is 2.34. The van der Waals surface area contributed by atoms with E-state index in [9.17, 15) is 0 Å². The topological polar surface area (TPSA) is 64.1 Å². The largest absolute Gasteiger partial charge is 0.496 e. The van der Waals surface area contributed by atoms with Crippen molar-refractivity contribution in [3.8, 4) is 17.2 Å². The molecule has 0 radical (unpaired) electrons. The second-order valence-corrected chi connectivity index (χ2v) is 5.92. The van der Waals surface area contributed by atoms with E-state index in [4.69, 9.17) is 14.2 Å². The predicted molar refractivity (Wildman–Crippen MR) is 96.3 cm³/mol. The summed E-state index contributed by atoms with van der Waals surface area (Å²) >= 11 is 0. The molecular formula is C18H29N3O3. The molecule has 24 heavy (non-hydrogen) atoms. The van der Waals surface area contributed by atoms with E-state index < -0.39 is 0 Å². The summed E-state index contributed by atoms with van der Waals surface area (Å²) in [6, 6.07) is 4.28. The van der Waals surface area contributed by atoms with Crippen molar-refractivity contribution in [1.29, 1.82) is 0 Å². The van der Waals surface area contributed by atoms with Crippen LogP contribution in [-0.4, -0.2) is 40.4 Å². The monoisotopic (exact) mass is 335 g/mol. The molecule has 1 saturated carbocycles. The highest BCUT2D eigenvalue weighted by Gasteiger charge is 2.16. The molecule has 6 heteroatoms. The van der Waals surface area contributed by atoms with Gasteiger partial charge in [0.05, 0.1) is 21.3 Å². The summed E-state index contributed by atoms with van der Waals surface area (Å²) in [5.41, 5.74) is 0.988. The predicted octanol–water partition coefficient (Wildman–Crippen LogP) is 2.71. The Morgan fingerprint density at radius 3 is 2.21 bits per heavy atom. The van der Waals surface area contributed by atoms with Gasteiger partial charge in [-0.05, 0) is 18.9 Å². The van der Waals surface area contributed by atoms with Crippen LogP contribution in [0.2, 0.25) is 0 Å². The van der Waals surface area contributed by atoms with Crippen LogP contribution >= 0.6 is 0 Å². The first kappa shape index (κ1) is 18.2. The van der Waals surface area contributed by atoms with Gasteiger partial charge in [0.15, 0.2) is 17.5 Å². The van der Waals surface area contributed by atoms with Crippen LogP contribution in [0.25, 0.3) is 0 Å². The second kappa shape index (κ2) is 9.25. The van der Waals surface area contributed by atoms with Gasteiger partial charge in [0.1, 0.15) is 5.75 Å². The smallest absolute Gasteiger partial charge is 0.191 e. The van der Waals surface area contributed by atoms with Crippen molar-refractivity contribution in [1.82, 2.24) is 10.6 Å². The Hall–Kier alpha value is -2.11. The fourth-order valence-corrected chi connectivity index (χ4v) is 3.04. The summed E-state index contributed by atoms with van der Waals surface area (Å²) in [5, 5.41) is 6.87. The number of hydrogen-bond acceptors (Lipinski definition) is 4. The number of guanidine groups is 1. The highest BCUT2D eigenvalue weighted by molar-refractivity contribution is 5.80. The Labute approximate surface area is 144 Å². The van der Waals surface area contributed by atoms with Crippen LogP contribution in [-0.2, 0) is 6.54 Å². The Morgan fingerprint density at radius 2 is 1.62 bits per heavy atom. The summed E-state index contributed by atoms with van der Waals surface area (Å²) in [5.74, 6) is 2.92. The van der Waals surface area contributed by atoms with E-state index in [-0.39, 0.29) is 0 Å². The number of aliphatic imine (C=N–C) groups is 1. The third-order valence-electron chi connectivity index (χ3n) is 4.40. The molecule has 2 N–H and O–H groups in total. The van der Waals surface area contributed by atoms with E-state index in [0.29, 0.717) is 24.1 Å². The van der Waals surface area contributed by atoms with Crippen LogP contribution in [0.1, 0.15) is 37.7 Å². The molecule has 134 valence electrons. The lowest BCUT2D eigenvalue weighted by molar-refractivity contribution is 0.347. The molecule has 0 saturated heterocycles. The quantitative estimate of drug-likeness (QED) is 0.618. The summed E-state index contributed by atoms with van der Waals surface area (Å²) in [4.78, 5) is 4.33. The van der Waals surface area contributed by atoms with Gasteiger partial charge >= 0.3 is 0 Å². The molecule has 0 atom stereocenters. The lowest BCUT2D eigenvalue weighted by Crippen LogP contribution is -2.43. The maximum atomic E-state index is 5.47. The van der Waals surface area contributed by atoms with Gasteiger partial charge in [0, 0.05) is 31.3 Å². The zero-order chi connectivity index (χ0) is 17.4. The normalized spacial score (nSPS) is 15.8. The van der Waals surface area contributed by atoms with Crippen molar-refractivity contribution in [2.45, 2.75) is 44.7 Å². The Bertz CT molecular complexity index is 555. The van der Waals surface area contributed by atoms with Gasteiger partial charge < -0.3 is 24.8 Å². The fourth-order valence-electron chi connectivity index (χ4n) is 3.04. The van der Waals surface area contributed by atoms with Gasteiger partial charge in [-0.15, -0.1) is 0 Å². The number of ether oxygens (including phenoxy) is 3. The molecule has 1 aliphatic rings. The maximum Gasteiger partial charge on any atom is 0.191 e. The molecule has 0 aromatic heterocycles. The minimum atomic E-state index is 0.511. The molecule has 0 aliphatic heterocycles. The number of methoxy groups -OCH3 is 3. The number of nitrogens with zero attached hydrogens (tertiary/aromatic N) is 1. The molecule has 0 bridgehead atoms. The maximum absolute atomic E-state index is 5.47. The lowest BCUT2D eigenvalue weighted by atomic mass is 9.96. The van der Waals surface area contributed by atoms with E-state index in [2.05, 4.69) is 15.6 Å². The number of nitrogens with one attached hydrogen (secondary N) is 2. The van der Waals surface area contributed by atoms with Gasteiger partial charge in [0.25, 0.3) is 0 Å². The van der Waals surface area contributed by atoms with E-state index in [1.807, 2.05) is 12.1 Å². The number of rotatable bonds is 6. The summed E-state index contributed by atoms with van der Waals surface area (Å²) < 4.78 is 16.2. The van der Waals surface area contributed by atoms with E-state index in [0.717, 1.165) is 17.3 Å². The molecule has 1 fully saturated rings. The molecule has 1 aromatic rings. The third kappa shape index (κ3) is 4.69. The molecular weight excluding hydrogens is 306 g/mol. The molecule has 2 rings (SSSR count). The zero-order valence-electron chi connectivity index (χ0n) is 15.1. The van der Waals surface area contributed by atoms with Crippen molar-refractivity contribution < 1.29 is 14.2 Å². The fraction of sp³-hybridized carbons (Fsp3) is 0.611. The van der Waals surface area contributed by atoms with Crippen molar-refractivity contribution in [2.24, 2.45) is 4.99 Å². The number of hydrogen-bond donors (Lipinski definition) is 2. The van der Waals surface area contributed by atoms with E-state index in [1.54, 1.807) is 28.4 Å². The van der Waals surface area contributed by atoms with Crippen LogP contribution in [0.5, 0.6) is 17.2 Å². The van der Waals surface area contributed by atoms with E-state index in [1.165, 1.54) is 32.1 Å². The highest BCUT2D eigenvalue weighted by atomic mass is 16.5. The van der Waals surface area contributed by atoms with Crippen LogP contribution in [0, 0.1) is 0 Å². The average molecular weight is 335 g/mol. The van der Waals surface area contributed by atoms with Crippen LogP contribution < -0.4 is 24.8 Å². The SMILES string of the molecule is CN=C(NCc1cc(OC)c(OC)cc1OC)NC1CCCCC1. The third-order valence-corrected chi connectivity index (χ3v) is 4.40. The van der Waals surface area contributed by atoms with Crippen LogP contribution in [0.15, 0.2) is 17.1 Å². The van der Waals surface area contributed by atoms with Crippen LogP contribution in [0.4, 0.5) is 0 Å². The first-order valence-electron chi connectivity index (χ1n) is 8.47. The van der Waals surface area contributed by atoms with Crippen molar-refractivity contribution >= 4 is 5.96 Å². The molecule has 1 aromatic carbocycles. The molecule has 0 amide bonds. The summed E-state index contributed by atoms with van der Waals surface area (Å²) in [6.45, 7) is 0.593. The molecule has 0 unspecified atom stereocenters. The number of benzene rings is 1. The Balaban J connectivity index is 2.03. The van der Waals surface area contributed by atoms with Crippen molar-refractivity contribution in [2.75, 3.05) is 28.4 Å². The van der Waals surface area contributed by atoms with E-state index >= 15 is 0 Å². The van der Waals surface area contributed by atoms with Crippen LogP contribution in [0.3, 0.4) is 0 Å². The lowest BCUT2D eigenvalue weighted by Gasteiger charge is -2.25. The first-order valence-corrected chi connectivity index (χ1v) is 8.47. The molecule has 0 spiro atoms. The minimum Gasteiger partial charge on any atom is -0.496 e.